The maximum Gasteiger partial charge on any atom is 0.159 e. The average Bonchev–Trinajstić information content (AvgIpc) is 2.83. The van der Waals surface area contributed by atoms with Crippen molar-refractivity contribution in [2.24, 2.45) is 0 Å². The average molecular weight is 268 g/mol. The van der Waals surface area contributed by atoms with E-state index in [1.807, 2.05) is 23.0 Å². The van der Waals surface area contributed by atoms with E-state index in [0.29, 0.717) is 6.04 Å². The molecule has 0 bridgehead atoms. The van der Waals surface area contributed by atoms with Crippen molar-refractivity contribution in [3.05, 3.63) is 22.9 Å². The van der Waals surface area contributed by atoms with Gasteiger partial charge in [0, 0.05) is 12.0 Å². The Hall–Kier alpha value is -0.940. The molecule has 1 atom stereocenters. The first-order chi connectivity index (χ1) is 7.34. The van der Waals surface area contributed by atoms with Gasteiger partial charge in [-0.15, -0.1) is 0 Å². The Morgan fingerprint density at radius 1 is 1.47 bits per heavy atom. The zero-order valence-electron chi connectivity index (χ0n) is 8.06. The van der Waals surface area contributed by atoms with Crippen LogP contribution in [-0.4, -0.2) is 28.0 Å². The fourth-order valence-corrected chi connectivity index (χ4v) is 2.18. The van der Waals surface area contributed by atoms with E-state index in [4.69, 9.17) is 4.74 Å². The fraction of sp³-hybridized carbons (Fsp3) is 0.400. The Labute approximate surface area is 95.4 Å². The summed E-state index contributed by atoms with van der Waals surface area (Å²) in [6, 6.07) is 4.29. The topological polar surface area (TPSA) is 39.9 Å². The number of nitrogens with zero attached hydrogens (tertiary/aromatic N) is 3. The molecule has 0 saturated carbocycles. The Morgan fingerprint density at radius 2 is 2.40 bits per heavy atom. The van der Waals surface area contributed by atoms with Crippen LogP contribution in [-0.2, 0) is 4.74 Å². The quantitative estimate of drug-likeness (QED) is 0.744. The molecule has 1 fully saturated rings. The molecule has 1 aliphatic rings. The van der Waals surface area contributed by atoms with Crippen LogP contribution >= 0.6 is 15.9 Å². The highest BCUT2D eigenvalue weighted by atomic mass is 79.9. The molecule has 1 aliphatic heterocycles. The van der Waals surface area contributed by atoms with Gasteiger partial charge in [0.2, 0.25) is 0 Å². The summed E-state index contributed by atoms with van der Waals surface area (Å²) in [5.41, 5.74) is 0.930. The molecule has 0 amide bonds. The summed E-state index contributed by atoms with van der Waals surface area (Å²) in [6.07, 6.45) is 2.87. The summed E-state index contributed by atoms with van der Waals surface area (Å²) >= 11 is 3.38. The van der Waals surface area contributed by atoms with Gasteiger partial charge in [-0.25, -0.2) is 9.67 Å². The highest BCUT2D eigenvalue weighted by Gasteiger charge is 2.20. The predicted molar refractivity (Wildman–Crippen MR) is 59.7 cm³/mol. The van der Waals surface area contributed by atoms with Gasteiger partial charge in [0.1, 0.15) is 4.60 Å². The third-order valence-electron chi connectivity index (χ3n) is 2.66. The van der Waals surface area contributed by atoms with Crippen LogP contribution in [0.15, 0.2) is 22.9 Å². The zero-order chi connectivity index (χ0) is 10.3. The number of rotatable bonds is 1. The minimum atomic E-state index is 0.337. The van der Waals surface area contributed by atoms with Gasteiger partial charge in [0.25, 0.3) is 0 Å². The normalized spacial score (nSPS) is 21.3. The van der Waals surface area contributed by atoms with Crippen LogP contribution in [0.4, 0.5) is 0 Å². The molecular weight excluding hydrogens is 258 g/mol. The van der Waals surface area contributed by atoms with E-state index in [-0.39, 0.29) is 0 Å². The third-order valence-corrected chi connectivity index (χ3v) is 3.10. The standard InChI is InChI=1S/C10H10BrN3O/c11-9-2-1-7-5-12-14(10(7)13-9)8-3-4-15-6-8/h1-2,5,8H,3-4,6H2. The van der Waals surface area contributed by atoms with Crippen molar-refractivity contribution < 1.29 is 4.74 Å². The van der Waals surface area contributed by atoms with Crippen LogP contribution in [0.25, 0.3) is 11.0 Å². The van der Waals surface area contributed by atoms with Crippen LogP contribution < -0.4 is 0 Å². The lowest BCUT2D eigenvalue weighted by molar-refractivity contribution is 0.185. The predicted octanol–water partition coefficient (Wildman–Crippen LogP) is 2.16. The summed E-state index contributed by atoms with van der Waals surface area (Å²) in [4.78, 5) is 4.44. The molecule has 15 heavy (non-hydrogen) atoms. The smallest absolute Gasteiger partial charge is 0.159 e. The van der Waals surface area contributed by atoms with Gasteiger partial charge < -0.3 is 4.74 Å². The molecule has 0 radical (unpaired) electrons. The maximum atomic E-state index is 5.36. The van der Waals surface area contributed by atoms with Gasteiger partial charge in [-0.05, 0) is 34.5 Å². The molecule has 2 aromatic heterocycles. The summed E-state index contributed by atoms with van der Waals surface area (Å²) in [5, 5.41) is 5.45. The Bertz CT molecular complexity index is 490. The lowest BCUT2D eigenvalue weighted by atomic mass is 10.2. The molecule has 78 valence electrons. The van der Waals surface area contributed by atoms with E-state index >= 15 is 0 Å². The molecule has 1 unspecified atom stereocenters. The molecule has 4 nitrogen and oxygen atoms in total. The number of halogens is 1. The first-order valence-corrected chi connectivity index (χ1v) is 5.71. The molecule has 5 heteroatoms. The third kappa shape index (κ3) is 1.55. The Morgan fingerprint density at radius 3 is 3.20 bits per heavy atom. The molecule has 0 aliphatic carbocycles. The van der Waals surface area contributed by atoms with Crippen LogP contribution in [0, 0.1) is 0 Å². The van der Waals surface area contributed by atoms with Gasteiger partial charge in [0.15, 0.2) is 5.65 Å². The van der Waals surface area contributed by atoms with Gasteiger partial charge in [0.05, 0.1) is 18.8 Å². The van der Waals surface area contributed by atoms with Gasteiger partial charge >= 0.3 is 0 Å². The summed E-state index contributed by atoms with van der Waals surface area (Å²) in [7, 11) is 0. The van der Waals surface area contributed by atoms with Crippen molar-refractivity contribution >= 4 is 27.0 Å². The second-order valence-corrected chi connectivity index (χ2v) is 4.47. The molecular formula is C10H10BrN3O. The second kappa shape index (κ2) is 3.57. The van der Waals surface area contributed by atoms with Gasteiger partial charge in [-0.1, -0.05) is 0 Å². The first kappa shape index (κ1) is 9.30. The highest BCUT2D eigenvalue weighted by Crippen LogP contribution is 2.23. The minimum Gasteiger partial charge on any atom is -0.379 e. The summed E-state index contributed by atoms with van der Waals surface area (Å²) in [6.45, 7) is 1.56. The number of pyridine rings is 1. The van der Waals surface area contributed by atoms with E-state index < -0.39 is 0 Å². The monoisotopic (exact) mass is 267 g/mol. The SMILES string of the molecule is Brc1ccc2cnn(C3CCOC3)c2n1. The number of ether oxygens (including phenoxy) is 1. The minimum absolute atomic E-state index is 0.337. The van der Waals surface area contributed by atoms with Crippen molar-refractivity contribution in [3.8, 4) is 0 Å². The molecule has 3 heterocycles. The van der Waals surface area contributed by atoms with Crippen molar-refractivity contribution in [3.63, 3.8) is 0 Å². The van der Waals surface area contributed by atoms with E-state index in [2.05, 4.69) is 26.0 Å². The molecule has 0 aromatic carbocycles. The molecule has 3 rings (SSSR count). The van der Waals surface area contributed by atoms with Crippen molar-refractivity contribution in [2.45, 2.75) is 12.5 Å². The number of fused-ring (bicyclic) bond motifs is 1. The van der Waals surface area contributed by atoms with Crippen molar-refractivity contribution in [1.82, 2.24) is 14.8 Å². The Balaban J connectivity index is 2.13. The van der Waals surface area contributed by atoms with E-state index in [9.17, 15) is 0 Å². The maximum absolute atomic E-state index is 5.36. The van der Waals surface area contributed by atoms with Crippen LogP contribution in [0.2, 0.25) is 0 Å². The number of hydrogen-bond acceptors (Lipinski definition) is 3. The molecule has 0 spiro atoms. The van der Waals surface area contributed by atoms with Crippen molar-refractivity contribution in [1.29, 1.82) is 0 Å². The highest BCUT2D eigenvalue weighted by molar-refractivity contribution is 9.10. The second-order valence-electron chi connectivity index (χ2n) is 3.65. The van der Waals surface area contributed by atoms with Gasteiger partial charge in [-0.2, -0.15) is 5.10 Å². The van der Waals surface area contributed by atoms with Crippen LogP contribution in [0.5, 0.6) is 0 Å². The van der Waals surface area contributed by atoms with E-state index in [0.717, 1.165) is 35.3 Å². The fourth-order valence-electron chi connectivity index (χ4n) is 1.88. The lowest BCUT2D eigenvalue weighted by Crippen LogP contribution is -2.10. The van der Waals surface area contributed by atoms with Crippen LogP contribution in [0.3, 0.4) is 0 Å². The van der Waals surface area contributed by atoms with E-state index in [1.54, 1.807) is 0 Å². The molecule has 2 aromatic rings. The molecule has 0 N–H and O–H groups in total. The number of aromatic nitrogens is 3. The lowest BCUT2D eigenvalue weighted by Gasteiger charge is -2.08. The summed E-state index contributed by atoms with van der Waals surface area (Å²) < 4.78 is 8.17. The zero-order valence-corrected chi connectivity index (χ0v) is 9.64. The largest absolute Gasteiger partial charge is 0.379 e. The Kier molecular flexibility index (Phi) is 2.21. The summed E-state index contributed by atoms with van der Waals surface area (Å²) in [5.74, 6) is 0. The van der Waals surface area contributed by atoms with Gasteiger partial charge in [-0.3, -0.25) is 0 Å². The molecule has 1 saturated heterocycles. The number of hydrogen-bond donors (Lipinski definition) is 0. The van der Waals surface area contributed by atoms with Crippen molar-refractivity contribution in [2.75, 3.05) is 13.2 Å². The van der Waals surface area contributed by atoms with Crippen LogP contribution in [0.1, 0.15) is 12.5 Å². The first-order valence-electron chi connectivity index (χ1n) is 4.92. The van der Waals surface area contributed by atoms with E-state index in [1.165, 1.54) is 0 Å².